The van der Waals surface area contributed by atoms with Crippen LogP contribution in [0.3, 0.4) is 0 Å². The monoisotopic (exact) mass is 282 g/mol. The van der Waals surface area contributed by atoms with Gasteiger partial charge < -0.3 is 4.74 Å². The van der Waals surface area contributed by atoms with E-state index in [1.165, 1.54) is 18.4 Å². The molecule has 0 N–H and O–H groups in total. The summed E-state index contributed by atoms with van der Waals surface area (Å²) in [6.45, 7) is 5.12. The first kappa shape index (κ1) is 12.0. The first-order valence-corrected chi connectivity index (χ1v) is 7.01. The normalized spacial score (nSPS) is 29.3. The molecule has 1 saturated carbocycles. The van der Waals surface area contributed by atoms with Gasteiger partial charge in [-0.1, -0.05) is 41.1 Å². The number of hydrogen-bond acceptors (Lipinski definition) is 1. The molecular formula is C14H19BrO. The molecule has 2 heteroatoms. The summed E-state index contributed by atoms with van der Waals surface area (Å²) in [7, 11) is 0. The van der Waals surface area contributed by atoms with Crippen LogP contribution in [0.2, 0.25) is 0 Å². The molecule has 0 saturated heterocycles. The minimum atomic E-state index is 0.645. The van der Waals surface area contributed by atoms with Crippen LogP contribution >= 0.6 is 15.9 Å². The van der Waals surface area contributed by atoms with Crippen molar-refractivity contribution in [2.75, 3.05) is 6.61 Å². The summed E-state index contributed by atoms with van der Waals surface area (Å²) in [4.78, 5) is 0.659. The topological polar surface area (TPSA) is 9.23 Å². The van der Waals surface area contributed by atoms with Crippen LogP contribution in [0.15, 0.2) is 24.3 Å². The van der Waals surface area contributed by atoms with Gasteiger partial charge in [0.25, 0.3) is 0 Å². The molecule has 1 aliphatic rings. The van der Waals surface area contributed by atoms with Gasteiger partial charge in [-0.2, -0.15) is 0 Å². The summed E-state index contributed by atoms with van der Waals surface area (Å²) in [5.41, 5.74) is 1.39. The Hall–Kier alpha value is -0.500. The fraction of sp³-hybridized carbons (Fsp3) is 0.571. The van der Waals surface area contributed by atoms with E-state index < -0.39 is 0 Å². The quantitative estimate of drug-likeness (QED) is 0.749. The lowest BCUT2D eigenvalue weighted by molar-refractivity contribution is 0.331. The summed E-state index contributed by atoms with van der Waals surface area (Å²) >= 11 is 3.76. The van der Waals surface area contributed by atoms with E-state index in [1.807, 2.05) is 6.92 Å². The van der Waals surface area contributed by atoms with E-state index in [1.54, 1.807) is 0 Å². The third kappa shape index (κ3) is 2.27. The maximum absolute atomic E-state index is 5.72. The number of para-hydroxylation sites is 1. The van der Waals surface area contributed by atoms with Crippen molar-refractivity contribution in [2.24, 2.45) is 5.92 Å². The van der Waals surface area contributed by atoms with Crippen LogP contribution in [0.4, 0.5) is 0 Å². The number of ether oxygens (including phenoxy) is 1. The number of hydrogen-bond donors (Lipinski definition) is 0. The molecule has 3 atom stereocenters. The highest BCUT2D eigenvalue weighted by molar-refractivity contribution is 9.09. The van der Waals surface area contributed by atoms with Crippen molar-refractivity contribution < 1.29 is 4.74 Å². The zero-order valence-electron chi connectivity index (χ0n) is 9.95. The minimum absolute atomic E-state index is 0.645. The van der Waals surface area contributed by atoms with E-state index in [2.05, 4.69) is 47.1 Å². The van der Waals surface area contributed by atoms with E-state index in [4.69, 9.17) is 4.74 Å². The molecule has 0 heterocycles. The van der Waals surface area contributed by atoms with Crippen molar-refractivity contribution in [3.05, 3.63) is 29.8 Å². The second-order valence-electron chi connectivity index (χ2n) is 4.53. The molecule has 3 unspecified atom stereocenters. The van der Waals surface area contributed by atoms with Crippen molar-refractivity contribution in [2.45, 2.75) is 37.4 Å². The molecule has 88 valence electrons. The van der Waals surface area contributed by atoms with Gasteiger partial charge in [0, 0.05) is 4.83 Å². The average molecular weight is 283 g/mol. The van der Waals surface area contributed by atoms with Gasteiger partial charge in [-0.3, -0.25) is 0 Å². The standard InChI is InChI=1S/C14H19BrO/c1-3-16-14-7-5-4-6-12(14)11-8-9-13(15)10(11)2/h4-7,10-11,13H,3,8-9H2,1-2H3. The minimum Gasteiger partial charge on any atom is -0.494 e. The first-order chi connectivity index (χ1) is 7.74. The number of alkyl halides is 1. The van der Waals surface area contributed by atoms with Crippen LogP contribution < -0.4 is 4.74 Å². The van der Waals surface area contributed by atoms with Gasteiger partial charge in [-0.25, -0.2) is 0 Å². The lowest BCUT2D eigenvalue weighted by Crippen LogP contribution is -2.10. The fourth-order valence-electron chi connectivity index (χ4n) is 2.63. The number of benzene rings is 1. The Bertz CT molecular complexity index is 350. The average Bonchev–Trinajstić information content (AvgIpc) is 2.61. The Balaban J connectivity index is 2.26. The van der Waals surface area contributed by atoms with Crippen molar-refractivity contribution in [3.8, 4) is 5.75 Å². The number of rotatable bonds is 3. The van der Waals surface area contributed by atoms with Gasteiger partial charge in [0.05, 0.1) is 6.61 Å². The third-order valence-electron chi connectivity index (χ3n) is 3.58. The summed E-state index contributed by atoms with van der Waals surface area (Å²) in [6.07, 6.45) is 2.54. The van der Waals surface area contributed by atoms with Crippen molar-refractivity contribution in [1.82, 2.24) is 0 Å². The molecule has 16 heavy (non-hydrogen) atoms. The third-order valence-corrected chi connectivity index (χ3v) is 4.87. The summed E-state index contributed by atoms with van der Waals surface area (Å²) < 4.78 is 5.72. The maximum Gasteiger partial charge on any atom is 0.122 e. The molecule has 0 spiro atoms. The Kier molecular flexibility index (Phi) is 3.91. The largest absolute Gasteiger partial charge is 0.494 e. The molecule has 1 fully saturated rings. The second kappa shape index (κ2) is 5.22. The molecular weight excluding hydrogens is 264 g/mol. The number of halogens is 1. The van der Waals surface area contributed by atoms with Gasteiger partial charge in [-0.05, 0) is 43.2 Å². The summed E-state index contributed by atoms with van der Waals surface area (Å²) in [6, 6.07) is 8.48. The summed E-state index contributed by atoms with van der Waals surface area (Å²) in [5, 5.41) is 0. The maximum atomic E-state index is 5.72. The van der Waals surface area contributed by atoms with Crippen molar-refractivity contribution in [3.63, 3.8) is 0 Å². The molecule has 1 aromatic carbocycles. The molecule has 0 bridgehead atoms. The van der Waals surface area contributed by atoms with Gasteiger partial charge in [0.1, 0.15) is 5.75 Å². The van der Waals surface area contributed by atoms with Crippen LogP contribution in [-0.4, -0.2) is 11.4 Å². The molecule has 0 aromatic heterocycles. The first-order valence-electron chi connectivity index (χ1n) is 6.09. The van der Waals surface area contributed by atoms with Crippen LogP contribution in [0.5, 0.6) is 5.75 Å². The highest BCUT2D eigenvalue weighted by atomic mass is 79.9. The Morgan fingerprint density at radius 2 is 2.06 bits per heavy atom. The molecule has 0 radical (unpaired) electrons. The van der Waals surface area contributed by atoms with E-state index in [-0.39, 0.29) is 0 Å². The Morgan fingerprint density at radius 3 is 2.69 bits per heavy atom. The van der Waals surface area contributed by atoms with Crippen molar-refractivity contribution in [1.29, 1.82) is 0 Å². The van der Waals surface area contributed by atoms with Gasteiger partial charge in [0.2, 0.25) is 0 Å². The summed E-state index contributed by atoms with van der Waals surface area (Å²) in [5.74, 6) is 2.41. The lowest BCUT2D eigenvalue weighted by atomic mass is 9.89. The van der Waals surface area contributed by atoms with Crippen LogP contribution in [-0.2, 0) is 0 Å². The Labute approximate surface area is 106 Å². The van der Waals surface area contributed by atoms with Gasteiger partial charge in [-0.15, -0.1) is 0 Å². The van der Waals surface area contributed by atoms with Crippen molar-refractivity contribution >= 4 is 15.9 Å². The molecule has 1 aromatic rings. The highest BCUT2D eigenvalue weighted by Crippen LogP contribution is 2.45. The van der Waals surface area contributed by atoms with Crippen LogP contribution in [0.1, 0.15) is 38.2 Å². The van der Waals surface area contributed by atoms with Crippen LogP contribution in [0.25, 0.3) is 0 Å². The van der Waals surface area contributed by atoms with E-state index in [9.17, 15) is 0 Å². The zero-order chi connectivity index (χ0) is 11.5. The molecule has 1 aliphatic carbocycles. The lowest BCUT2D eigenvalue weighted by Gasteiger charge is -2.20. The highest BCUT2D eigenvalue weighted by Gasteiger charge is 2.33. The SMILES string of the molecule is CCOc1ccccc1C1CCC(Br)C1C. The smallest absolute Gasteiger partial charge is 0.122 e. The molecule has 2 rings (SSSR count). The fourth-order valence-corrected chi connectivity index (χ4v) is 3.26. The van der Waals surface area contributed by atoms with Gasteiger partial charge >= 0.3 is 0 Å². The van der Waals surface area contributed by atoms with E-state index in [0.717, 1.165) is 12.4 Å². The van der Waals surface area contributed by atoms with E-state index >= 15 is 0 Å². The van der Waals surface area contributed by atoms with E-state index in [0.29, 0.717) is 16.7 Å². The molecule has 0 amide bonds. The predicted octanol–water partition coefficient (Wildman–Crippen LogP) is 4.36. The second-order valence-corrected chi connectivity index (χ2v) is 5.71. The Morgan fingerprint density at radius 1 is 1.31 bits per heavy atom. The predicted molar refractivity (Wildman–Crippen MR) is 71.5 cm³/mol. The van der Waals surface area contributed by atoms with Gasteiger partial charge in [0.15, 0.2) is 0 Å². The molecule has 1 nitrogen and oxygen atoms in total. The molecule has 0 aliphatic heterocycles. The van der Waals surface area contributed by atoms with Crippen LogP contribution in [0, 0.1) is 5.92 Å². The zero-order valence-corrected chi connectivity index (χ0v) is 11.5.